The van der Waals surface area contributed by atoms with Gasteiger partial charge in [-0.15, -0.1) is 11.3 Å². The van der Waals surface area contributed by atoms with Crippen LogP contribution in [-0.2, 0) is 6.42 Å². The molecule has 1 aromatic rings. The predicted molar refractivity (Wildman–Crippen MR) is 56.9 cm³/mol. The van der Waals surface area contributed by atoms with Crippen molar-refractivity contribution in [1.29, 1.82) is 0 Å². The molecule has 0 aliphatic carbocycles. The molecule has 0 fully saturated rings. The smallest absolute Gasteiger partial charge is 0.00743 e. The number of hydrogen-bond donors (Lipinski definition) is 0. The van der Waals surface area contributed by atoms with E-state index in [1.54, 1.807) is 4.88 Å². The topological polar surface area (TPSA) is 0 Å². The number of unbranched alkanes of at least 4 members (excludes halogenated alkanes) is 3. The molecule has 0 saturated carbocycles. The number of aryl methyl sites for hydroxylation is 2. The lowest BCUT2D eigenvalue weighted by Gasteiger charge is -1.98. The fourth-order valence-electron chi connectivity index (χ4n) is 1.37. The van der Waals surface area contributed by atoms with Crippen molar-refractivity contribution in [2.75, 3.05) is 0 Å². The van der Waals surface area contributed by atoms with Crippen LogP contribution in [0.2, 0.25) is 0 Å². The standard InChI is InChI=1S/C11H18S/c1-3-4-5-6-7-11-10(2)8-9-12-11/h8-9H,3-7H2,1-2H3. The molecule has 0 unspecified atom stereocenters. The Morgan fingerprint density at radius 1 is 1.25 bits per heavy atom. The molecule has 0 aliphatic heterocycles. The van der Waals surface area contributed by atoms with E-state index < -0.39 is 0 Å². The van der Waals surface area contributed by atoms with Gasteiger partial charge in [-0.1, -0.05) is 26.2 Å². The van der Waals surface area contributed by atoms with Crippen LogP contribution in [0.1, 0.15) is 43.0 Å². The zero-order valence-corrected chi connectivity index (χ0v) is 8.91. The highest BCUT2D eigenvalue weighted by atomic mass is 32.1. The van der Waals surface area contributed by atoms with Gasteiger partial charge in [0.25, 0.3) is 0 Å². The van der Waals surface area contributed by atoms with Crippen molar-refractivity contribution in [3.8, 4) is 0 Å². The third kappa shape index (κ3) is 2.98. The Labute approximate surface area is 79.6 Å². The monoisotopic (exact) mass is 182 g/mol. The van der Waals surface area contributed by atoms with Gasteiger partial charge in [-0.3, -0.25) is 0 Å². The van der Waals surface area contributed by atoms with E-state index in [0.29, 0.717) is 0 Å². The minimum absolute atomic E-state index is 1.30. The second-order valence-corrected chi connectivity index (χ2v) is 4.34. The predicted octanol–water partition coefficient (Wildman–Crippen LogP) is 4.18. The van der Waals surface area contributed by atoms with Crippen molar-refractivity contribution in [2.45, 2.75) is 46.0 Å². The summed E-state index contributed by atoms with van der Waals surface area (Å²) < 4.78 is 0. The summed E-state index contributed by atoms with van der Waals surface area (Å²) in [5.74, 6) is 0. The Morgan fingerprint density at radius 2 is 2.08 bits per heavy atom. The molecular formula is C11H18S. The van der Waals surface area contributed by atoms with Gasteiger partial charge in [-0.2, -0.15) is 0 Å². The second-order valence-electron chi connectivity index (χ2n) is 3.34. The molecule has 1 rings (SSSR count). The number of rotatable bonds is 5. The summed E-state index contributed by atoms with van der Waals surface area (Å²) >= 11 is 1.91. The van der Waals surface area contributed by atoms with E-state index in [1.165, 1.54) is 37.7 Å². The molecule has 12 heavy (non-hydrogen) atoms. The SMILES string of the molecule is CCCCCCc1sccc1C. The van der Waals surface area contributed by atoms with Gasteiger partial charge in [0, 0.05) is 4.88 Å². The fraction of sp³-hybridized carbons (Fsp3) is 0.636. The Kier molecular flexibility index (Phi) is 4.37. The molecule has 68 valence electrons. The van der Waals surface area contributed by atoms with Crippen LogP contribution in [0, 0.1) is 6.92 Å². The molecule has 0 nitrogen and oxygen atoms in total. The molecule has 1 heterocycles. The van der Waals surface area contributed by atoms with E-state index >= 15 is 0 Å². The van der Waals surface area contributed by atoms with Crippen molar-refractivity contribution in [1.82, 2.24) is 0 Å². The molecule has 0 aliphatic rings. The van der Waals surface area contributed by atoms with Crippen LogP contribution in [-0.4, -0.2) is 0 Å². The van der Waals surface area contributed by atoms with E-state index in [2.05, 4.69) is 25.3 Å². The molecule has 0 atom stereocenters. The molecule has 0 radical (unpaired) electrons. The van der Waals surface area contributed by atoms with Gasteiger partial charge in [-0.25, -0.2) is 0 Å². The highest BCUT2D eigenvalue weighted by Gasteiger charge is 1.98. The summed E-state index contributed by atoms with van der Waals surface area (Å²) in [5.41, 5.74) is 1.48. The normalized spacial score (nSPS) is 10.5. The lowest BCUT2D eigenvalue weighted by atomic mass is 10.1. The average Bonchev–Trinajstić information content (AvgIpc) is 2.46. The van der Waals surface area contributed by atoms with E-state index in [1.807, 2.05) is 11.3 Å². The van der Waals surface area contributed by atoms with Gasteiger partial charge >= 0.3 is 0 Å². The molecule has 1 heteroatoms. The number of thiophene rings is 1. The maximum Gasteiger partial charge on any atom is 0.00743 e. The highest BCUT2D eigenvalue weighted by Crippen LogP contribution is 2.18. The van der Waals surface area contributed by atoms with E-state index in [0.717, 1.165) is 0 Å². The molecule has 0 N–H and O–H groups in total. The average molecular weight is 182 g/mol. The van der Waals surface area contributed by atoms with Crippen LogP contribution >= 0.6 is 11.3 Å². The van der Waals surface area contributed by atoms with Crippen LogP contribution in [0.4, 0.5) is 0 Å². The van der Waals surface area contributed by atoms with Crippen LogP contribution in [0.25, 0.3) is 0 Å². The van der Waals surface area contributed by atoms with Gasteiger partial charge in [0.15, 0.2) is 0 Å². The molecular weight excluding hydrogens is 164 g/mol. The molecule has 0 amide bonds. The highest BCUT2D eigenvalue weighted by molar-refractivity contribution is 7.10. The lowest BCUT2D eigenvalue weighted by Crippen LogP contribution is -1.83. The van der Waals surface area contributed by atoms with Gasteiger partial charge in [0.05, 0.1) is 0 Å². The maximum atomic E-state index is 2.26. The second kappa shape index (κ2) is 5.36. The molecule has 0 bridgehead atoms. The summed E-state index contributed by atoms with van der Waals surface area (Å²) in [6.07, 6.45) is 6.79. The molecule has 1 aromatic heterocycles. The Balaban J connectivity index is 2.20. The molecule has 0 spiro atoms. The van der Waals surface area contributed by atoms with Crippen molar-refractivity contribution in [2.24, 2.45) is 0 Å². The Bertz CT molecular complexity index is 213. The first kappa shape index (κ1) is 9.79. The number of hydrogen-bond acceptors (Lipinski definition) is 1. The van der Waals surface area contributed by atoms with Crippen molar-refractivity contribution >= 4 is 11.3 Å². The minimum atomic E-state index is 1.30. The van der Waals surface area contributed by atoms with Crippen LogP contribution in [0.3, 0.4) is 0 Å². The van der Waals surface area contributed by atoms with Crippen LogP contribution in [0.5, 0.6) is 0 Å². The lowest BCUT2D eigenvalue weighted by molar-refractivity contribution is 0.669. The van der Waals surface area contributed by atoms with Gasteiger partial charge in [-0.05, 0) is 36.8 Å². The van der Waals surface area contributed by atoms with E-state index in [4.69, 9.17) is 0 Å². The summed E-state index contributed by atoms with van der Waals surface area (Å²) in [6.45, 7) is 4.47. The first-order valence-electron chi connectivity index (χ1n) is 4.87. The van der Waals surface area contributed by atoms with E-state index in [9.17, 15) is 0 Å². The third-order valence-electron chi connectivity index (χ3n) is 2.23. The Morgan fingerprint density at radius 3 is 2.67 bits per heavy atom. The maximum absolute atomic E-state index is 2.26. The largest absolute Gasteiger partial charge is 0.149 e. The minimum Gasteiger partial charge on any atom is -0.149 e. The van der Waals surface area contributed by atoms with Crippen molar-refractivity contribution < 1.29 is 0 Å². The quantitative estimate of drug-likeness (QED) is 0.599. The summed E-state index contributed by atoms with van der Waals surface area (Å²) in [4.78, 5) is 1.59. The van der Waals surface area contributed by atoms with Crippen molar-refractivity contribution in [3.05, 3.63) is 21.9 Å². The van der Waals surface area contributed by atoms with E-state index in [-0.39, 0.29) is 0 Å². The van der Waals surface area contributed by atoms with Crippen LogP contribution < -0.4 is 0 Å². The third-order valence-corrected chi connectivity index (χ3v) is 3.31. The molecule has 0 saturated heterocycles. The Hall–Kier alpha value is -0.300. The first-order valence-corrected chi connectivity index (χ1v) is 5.75. The summed E-state index contributed by atoms with van der Waals surface area (Å²) in [7, 11) is 0. The first-order chi connectivity index (χ1) is 5.84. The van der Waals surface area contributed by atoms with Gasteiger partial charge in [0.1, 0.15) is 0 Å². The zero-order chi connectivity index (χ0) is 8.81. The fourth-order valence-corrected chi connectivity index (χ4v) is 2.33. The molecule has 0 aromatic carbocycles. The summed E-state index contributed by atoms with van der Waals surface area (Å²) in [6, 6.07) is 2.22. The van der Waals surface area contributed by atoms with Gasteiger partial charge in [0.2, 0.25) is 0 Å². The zero-order valence-electron chi connectivity index (χ0n) is 8.10. The van der Waals surface area contributed by atoms with Crippen LogP contribution in [0.15, 0.2) is 11.4 Å². The van der Waals surface area contributed by atoms with Gasteiger partial charge < -0.3 is 0 Å². The van der Waals surface area contributed by atoms with Crippen molar-refractivity contribution in [3.63, 3.8) is 0 Å². The summed E-state index contributed by atoms with van der Waals surface area (Å²) in [5, 5.41) is 2.20.